The van der Waals surface area contributed by atoms with Crippen molar-refractivity contribution in [1.82, 2.24) is 0 Å². The molecule has 12 nitrogen and oxygen atoms in total. The van der Waals surface area contributed by atoms with E-state index in [-0.39, 0.29) is 47.1 Å². The van der Waals surface area contributed by atoms with Crippen molar-refractivity contribution in [1.29, 1.82) is 0 Å². The van der Waals surface area contributed by atoms with Crippen LogP contribution in [0.25, 0.3) is 0 Å². The molecule has 7 bridgehead atoms. The van der Waals surface area contributed by atoms with Crippen LogP contribution in [-0.2, 0) is 28.5 Å². The van der Waals surface area contributed by atoms with E-state index in [1.54, 1.807) is 0 Å². The Bertz CT molecular complexity index is 1620. The number of nitrogens with two attached hydrogens (primary N) is 1. The van der Waals surface area contributed by atoms with E-state index in [4.69, 9.17) is 34.4 Å². The number of thioether (sulfide) groups is 1. The van der Waals surface area contributed by atoms with Gasteiger partial charge in [0.1, 0.15) is 17.7 Å². The van der Waals surface area contributed by atoms with Gasteiger partial charge in [-0.1, -0.05) is 44.6 Å². The molecule has 7 aliphatic heterocycles. The molecule has 0 aromatic heterocycles. The molecule has 1 aliphatic carbocycles. The summed E-state index contributed by atoms with van der Waals surface area (Å²) >= 11 is 1.39. The molecule has 0 aromatic carbocycles. The first-order valence-corrected chi connectivity index (χ1v) is 23.5. The highest BCUT2D eigenvalue weighted by Crippen LogP contribution is 2.59. The molecular weight excluding hydrogens is 761 g/mol. The molecule has 6 saturated heterocycles. The zero-order chi connectivity index (χ0) is 41.3. The SMILES string of the molecule is C=C1CCCC2=NC[C@H](C)[C@@H](C)C[C@@]23CCC([C@H](CO)SCC(N)C(=O)O)=C[C@@H]3[C@@H]2O[C@]3(C[C@H]4CCC[C@@]5(CC[C@@]6(O[C@@H](CC[C@@]6(C)O)C1)O5)O4)C[C@@H](C)[C@@H](O)[C@H]2O3. The summed E-state index contributed by atoms with van der Waals surface area (Å²) in [7, 11) is 0. The molecule has 6 fully saturated rings. The molecule has 58 heavy (non-hydrogen) atoms. The number of carboxylic acid groups (broad SMARTS) is 1. The van der Waals surface area contributed by atoms with E-state index < -0.39 is 53.3 Å². The topological polar surface area (TPSA) is 183 Å². The zero-order valence-electron chi connectivity index (χ0n) is 35.2. The number of hydrogen-bond acceptors (Lipinski definition) is 12. The Hall–Kier alpha value is -1.39. The smallest absolute Gasteiger partial charge is 0.321 e. The van der Waals surface area contributed by atoms with Gasteiger partial charge in [-0.25, -0.2) is 0 Å². The van der Waals surface area contributed by atoms with Gasteiger partial charge in [0.15, 0.2) is 11.6 Å². The van der Waals surface area contributed by atoms with Gasteiger partial charge >= 0.3 is 5.97 Å². The number of hydrogen-bond donors (Lipinski definition) is 5. The van der Waals surface area contributed by atoms with E-state index in [0.29, 0.717) is 50.4 Å². The number of carboxylic acids is 1. The van der Waals surface area contributed by atoms with Gasteiger partial charge in [-0.3, -0.25) is 9.79 Å². The predicted octanol–water partition coefficient (Wildman–Crippen LogP) is 6.04. The van der Waals surface area contributed by atoms with E-state index in [1.165, 1.54) is 17.5 Å². The van der Waals surface area contributed by atoms with E-state index >= 15 is 0 Å². The Morgan fingerprint density at radius 2 is 1.72 bits per heavy atom. The first-order chi connectivity index (χ1) is 27.5. The van der Waals surface area contributed by atoms with Gasteiger partial charge in [0.2, 0.25) is 5.79 Å². The van der Waals surface area contributed by atoms with Crippen molar-refractivity contribution in [2.75, 3.05) is 18.9 Å². The van der Waals surface area contributed by atoms with Crippen LogP contribution >= 0.6 is 11.8 Å². The fourth-order valence-electron chi connectivity index (χ4n) is 12.2. The molecule has 4 spiro atoms. The van der Waals surface area contributed by atoms with Crippen molar-refractivity contribution in [3.05, 3.63) is 23.8 Å². The Kier molecular flexibility index (Phi) is 12.2. The number of nitrogens with zero attached hydrogens (tertiary/aromatic N) is 1. The van der Waals surface area contributed by atoms with Crippen molar-refractivity contribution in [3.8, 4) is 0 Å². The van der Waals surface area contributed by atoms with Crippen LogP contribution in [0.1, 0.15) is 130 Å². The number of rotatable bonds is 6. The van der Waals surface area contributed by atoms with Crippen LogP contribution in [0.4, 0.5) is 0 Å². The molecule has 13 heteroatoms. The number of carbonyl (C=O) groups is 1. The van der Waals surface area contributed by atoms with Crippen LogP contribution in [0.5, 0.6) is 0 Å². The fraction of sp³-hybridized carbons (Fsp3) is 0.867. The molecule has 8 aliphatic rings. The average molecular weight is 831 g/mol. The highest BCUT2D eigenvalue weighted by atomic mass is 32.2. The van der Waals surface area contributed by atoms with Gasteiger partial charge in [-0.05, 0) is 95.3 Å². The third-order valence-electron chi connectivity index (χ3n) is 15.8. The lowest BCUT2D eigenvalue weighted by Crippen LogP contribution is -2.60. The second-order valence-electron chi connectivity index (χ2n) is 20.0. The van der Waals surface area contributed by atoms with Gasteiger partial charge in [0.25, 0.3) is 0 Å². The number of ether oxygens (including phenoxy) is 5. The lowest BCUT2D eigenvalue weighted by atomic mass is 9.57. The number of aliphatic carboxylic acids is 1. The fourth-order valence-corrected chi connectivity index (χ4v) is 13.3. The standard InChI is InChI=1S/C45H70N2O10S/c1-26-8-6-10-36-42(20-27(2)29(4)23-47-36)15-11-30(35(24-48)58-25-34(46)40(50)51)19-33(42)38-39-37(49)28(3)21-44(55-38,56-39)22-32-9-7-13-43(53-32)16-17-45(57-43)41(5,52)14-12-31(18-26)54-45/h19,27-29,31-35,37-39,48-49,52H,1,6-18,20-25,46H2,2-5H3,(H,50,51)/t27-,28+,29-,31-,32+,33+,34?,35-,37+,38-,39+,41+,42+,43+,44+,45+/m0/s1. The Labute approximate surface area is 349 Å². The maximum atomic E-state index is 12.0. The van der Waals surface area contributed by atoms with Gasteiger partial charge in [0.05, 0.1) is 31.0 Å². The maximum Gasteiger partial charge on any atom is 0.321 e. The van der Waals surface area contributed by atoms with Gasteiger partial charge in [-0.15, -0.1) is 11.8 Å². The predicted molar refractivity (Wildman–Crippen MR) is 221 cm³/mol. The van der Waals surface area contributed by atoms with Crippen molar-refractivity contribution >= 4 is 23.4 Å². The van der Waals surface area contributed by atoms with Gasteiger partial charge in [-0.2, -0.15) is 0 Å². The molecule has 1 unspecified atom stereocenters. The molecule has 0 radical (unpaired) electrons. The number of aliphatic hydroxyl groups is 3. The molecule has 6 N–H and O–H groups in total. The van der Waals surface area contributed by atoms with Crippen LogP contribution in [0.15, 0.2) is 28.8 Å². The third-order valence-corrected chi connectivity index (χ3v) is 17.2. The Balaban J connectivity index is 1.20. The van der Waals surface area contributed by atoms with E-state index in [0.717, 1.165) is 81.9 Å². The quantitative estimate of drug-likeness (QED) is 0.196. The molecule has 16 atom stereocenters. The zero-order valence-corrected chi connectivity index (χ0v) is 36.1. The average Bonchev–Trinajstić information content (AvgIpc) is 3.65. The molecule has 0 amide bonds. The van der Waals surface area contributed by atoms with Crippen molar-refractivity contribution in [3.63, 3.8) is 0 Å². The summed E-state index contributed by atoms with van der Waals surface area (Å²) in [4.78, 5) is 17.2. The number of aliphatic imine (C=N–C) groups is 1. The minimum atomic E-state index is -1.16. The van der Waals surface area contributed by atoms with Crippen LogP contribution in [-0.4, -0.2) is 116 Å². The first kappa shape index (κ1) is 43.3. The minimum absolute atomic E-state index is 0.0821. The molecule has 0 saturated carbocycles. The summed E-state index contributed by atoms with van der Waals surface area (Å²) in [5, 5.41) is 43.8. The van der Waals surface area contributed by atoms with Gasteiger partial charge < -0.3 is 49.8 Å². The monoisotopic (exact) mass is 830 g/mol. The van der Waals surface area contributed by atoms with Crippen molar-refractivity contribution in [2.24, 2.45) is 39.8 Å². The molecule has 8 rings (SSSR count). The highest BCUT2D eigenvalue weighted by molar-refractivity contribution is 8.00. The Morgan fingerprint density at radius 3 is 2.50 bits per heavy atom. The van der Waals surface area contributed by atoms with Crippen molar-refractivity contribution in [2.45, 2.75) is 195 Å². The van der Waals surface area contributed by atoms with Gasteiger partial charge in [0, 0.05) is 66.7 Å². The Morgan fingerprint density at radius 1 is 0.931 bits per heavy atom. The molecular formula is C45H70N2O10S. The summed E-state index contributed by atoms with van der Waals surface area (Å²) in [6.45, 7) is 13.7. The summed E-state index contributed by atoms with van der Waals surface area (Å²) in [6, 6.07) is -1.03. The third kappa shape index (κ3) is 7.94. The van der Waals surface area contributed by atoms with Crippen LogP contribution in [0.2, 0.25) is 0 Å². The first-order valence-electron chi connectivity index (χ1n) is 22.4. The van der Waals surface area contributed by atoms with Crippen LogP contribution < -0.4 is 5.73 Å². The van der Waals surface area contributed by atoms with Crippen LogP contribution in [0, 0.1) is 29.1 Å². The normalized spacial score (nSPS) is 48.1. The molecule has 7 heterocycles. The summed E-state index contributed by atoms with van der Waals surface area (Å²) in [6.07, 6.45) is 11.7. The largest absolute Gasteiger partial charge is 0.480 e. The molecule has 0 aromatic rings. The van der Waals surface area contributed by atoms with Crippen molar-refractivity contribution < 1.29 is 48.9 Å². The summed E-state index contributed by atoms with van der Waals surface area (Å²) in [5.74, 6) is -3.43. The summed E-state index contributed by atoms with van der Waals surface area (Å²) in [5.41, 5.74) is 7.80. The second kappa shape index (κ2) is 16.4. The number of fused-ring (bicyclic) bond motifs is 6. The maximum absolute atomic E-state index is 12.0. The minimum Gasteiger partial charge on any atom is -0.480 e. The lowest BCUT2D eigenvalue weighted by molar-refractivity contribution is -0.403. The highest BCUT2D eigenvalue weighted by Gasteiger charge is 2.66. The molecule has 326 valence electrons. The van der Waals surface area contributed by atoms with E-state index in [9.17, 15) is 25.2 Å². The lowest BCUT2D eigenvalue weighted by Gasteiger charge is -2.50. The van der Waals surface area contributed by atoms with Crippen LogP contribution in [0.3, 0.4) is 0 Å². The second-order valence-corrected chi connectivity index (χ2v) is 21.3. The summed E-state index contributed by atoms with van der Waals surface area (Å²) < 4.78 is 35.3. The number of aliphatic hydroxyl groups excluding tert-OH is 2. The van der Waals surface area contributed by atoms with E-state index in [1.807, 2.05) is 6.92 Å². The van der Waals surface area contributed by atoms with E-state index in [2.05, 4.69) is 33.4 Å².